The number of nitrogens with two attached hydrogens (primary N) is 2. The van der Waals surface area contributed by atoms with Crippen LogP contribution in [0, 0.1) is 6.61 Å². The molecule has 0 aromatic heterocycles. The Morgan fingerprint density at radius 3 is 3.11 bits per heavy atom. The van der Waals surface area contributed by atoms with Crippen molar-refractivity contribution in [2.75, 3.05) is 6.54 Å². The van der Waals surface area contributed by atoms with Gasteiger partial charge in [-0.05, 0) is 12.5 Å². The first kappa shape index (κ1) is 6.58. The minimum atomic E-state index is -0.0831. The minimum Gasteiger partial charge on any atom is -0.480 e. The topological polar surface area (TPSA) is 61.3 Å². The fourth-order valence-corrected chi connectivity index (χ4v) is 0.625. The average Bonchev–Trinajstić information content (AvgIpc) is 1.90. The molecule has 0 saturated carbocycles. The van der Waals surface area contributed by atoms with Crippen LogP contribution in [0.3, 0.4) is 0 Å². The van der Waals surface area contributed by atoms with E-state index in [1.165, 1.54) is 0 Å². The average molecular weight is 126 g/mol. The summed E-state index contributed by atoms with van der Waals surface area (Å²) in [6.45, 7) is 3.04. The zero-order valence-corrected chi connectivity index (χ0v) is 5.13. The van der Waals surface area contributed by atoms with Crippen molar-refractivity contribution in [3.05, 3.63) is 18.4 Å². The summed E-state index contributed by atoms with van der Waals surface area (Å²) in [5, 5.41) is 0. The number of rotatable bonds is 1. The molecular weight excluding hydrogens is 116 g/mol. The Labute approximate surface area is 54.7 Å². The molecule has 9 heavy (non-hydrogen) atoms. The van der Waals surface area contributed by atoms with Gasteiger partial charge in [-0.1, -0.05) is 0 Å². The summed E-state index contributed by atoms with van der Waals surface area (Å²) >= 11 is 0. The number of ether oxygens (including phenoxy) is 1. The Hall–Kier alpha value is -0.540. The Balaban J connectivity index is 2.40. The van der Waals surface area contributed by atoms with E-state index in [4.69, 9.17) is 16.2 Å². The molecule has 3 heteroatoms. The maximum atomic E-state index is 5.43. The van der Waals surface area contributed by atoms with E-state index in [2.05, 4.69) is 6.61 Å². The van der Waals surface area contributed by atoms with E-state index in [1.807, 2.05) is 6.08 Å². The van der Waals surface area contributed by atoms with Crippen LogP contribution < -0.4 is 11.5 Å². The highest BCUT2D eigenvalue weighted by Crippen LogP contribution is 2.10. The Bertz CT molecular complexity index is 122. The summed E-state index contributed by atoms with van der Waals surface area (Å²) in [5.41, 5.74) is 10.7. The highest BCUT2D eigenvalue weighted by molar-refractivity contribution is 5.03. The third-order valence-electron chi connectivity index (χ3n) is 1.14. The van der Waals surface area contributed by atoms with Gasteiger partial charge in [0.25, 0.3) is 0 Å². The second kappa shape index (κ2) is 2.85. The molecule has 2 radical (unpaired) electrons. The lowest BCUT2D eigenvalue weighted by Crippen LogP contribution is -2.25. The first-order valence-electron chi connectivity index (χ1n) is 2.90. The van der Waals surface area contributed by atoms with E-state index >= 15 is 0 Å². The molecule has 0 spiro atoms. The van der Waals surface area contributed by atoms with Crippen molar-refractivity contribution >= 4 is 0 Å². The van der Waals surface area contributed by atoms with Crippen LogP contribution in [0.15, 0.2) is 11.8 Å². The molecule has 1 aliphatic heterocycles. The van der Waals surface area contributed by atoms with Crippen LogP contribution in [-0.4, -0.2) is 12.6 Å². The fraction of sp³-hybridized carbons (Fsp3) is 0.500. The van der Waals surface area contributed by atoms with E-state index in [1.54, 1.807) is 0 Å². The van der Waals surface area contributed by atoms with Crippen LogP contribution in [0.1, 0.15) is 6.42 Å². The molecule has 1 unspecified atom stereocenters. The van der Waals surface area contributed by atoms with Gasteiger partial charge in [0.1, 0.15) is 5.76 Å². The summed E-state index contributed by atoms with van der Waals surface area (Å²) in [6, 6.07) is -0.0831. The Morgan fingerprint density at radius 2 is 2.67 bits per heavy atom. The van der Waals surface area contributed by atoms with Gasteiger partial charge in [-0.15, -0.1) is 0 Å². The van der Waals surface area contributed by atoms with Gasteiger partial charge >= 0.3 is 0 Å². The second-order valence-corrected chi connectivity index (χ2v) is 1.94. The van der Waals surface area contributed by atoms with Crippen molar-refractivity contribution in [2.45, 2.75) is 12.5 Å². The number of hydrogen-bond acceptors (Lipinski definition) is 3. The Morgan fingerprint density at radius 1 is 1.89 bits per heavy atom. The molecule has 0 aromatic carbocycles. The molecular formula is C6H10N2O. The van der Waals surface area contributed by atoms with Gasteiger partial charge in [-0.25, -0.2) is 0 Å². The molecule has 0 saturated heterocycles. The third kappa shape index (κ3) is 1.69. The molecule has 0 aliphatic carbocycles. The van der Waals surface area contributed by atoms with Crippen molar-refractivity contribution in [3.63, 3.8) is 0 Å². The molecule has 0 fully saturated rings. The molecule has 0 amide bonds. The molecule has 1 aliphatic rings. The molecule has 4 N–H and O–H groups in total. The Kier molecular flexibility index (Phi) is 2.08. The lowest BCUT2D eigenvalue weighted by molar-refractivity contribution is 0.244. The lowest BCUT2D eigenvalue weighted by Gasteiger charge is -2.16. The van der Waals surface area contributed by atoms with Crippen molar-refractivity contribution in [2.24, 2.45) is 11.5 Å². The first-order chi connectivity index (χ1) is 4.33. The van der Waals surface area contributed by atoms with Crippen LogP contribution in [0.5, 0.6) is 0 Å². The molecule has 1 heterocycles. The highest BCUT2D eigenvalue weighted by Gasteiger charge is 2.10. The monoisotopic (exact) mass is 126 g/mol. The molecule has 50 valence electrons. The minimum absolute atomic E-state index is 0.0831. The molecule has 0 bridgehead atoms. The zero-order valence-electron chi connectivity index (χ0n) is 5.13. The van der Waals surface area contributed by atoms with Gasteiger partial charge in [0, 0.05) is 0 Å². The lowest BCUT2D eigenvalue weighted by atomic mass is 10.2. The van der Waals surface area contributed by atoms with Crippen molar-refractivity contribution in [1.29, 1.82) is 0 Å². The van der Waals surface area contributed by atoms with Gasteiger partial charge < -0.3 is 16.2 Å². The van der Waals surface area contributed by atoms with Crippen LogP contribution >= 0.6 is 0 Å². The van der Waals surface area contributed by atoms with Gasteiger partial charge in [0.2, 0.25) is 6.61 Å². The van der Waals surface area contributed by atoms with Crippen molar-refractivity contribution in [3.8, 4) is 0 Å². The second-order valence-electron chi connectivity index (χ2n) is 1.94. The van der Waals surface area contributed by atoms with E-state index in [9.17, 15) is 0 Å². The summed E-state index contributed by atoms with van der Waals surface area (Å²) in [7, 11) is 0. The predicted octanol–water partition coefficient (Wildman–Crippen LogP) is -0.385. The van der Waals surface area contributed by atoms with Gasteiger partial charge in [-0.3, -0.25) is 0 Å². The van der Waals surface area contributed by atoms with Crippen molar-refractivity contribution < 1.29 is 4.74 Å². The van der Waals surface area contributed by atoms with Crippen molar-refractivity contribution in [1.82, 2.24) is 0 Å². The van der Waals surface area contributed by atoms with E-state index < -0.39 is 0 Å². The summed E-state index contributed by atoms with van der Waals surface area (Å²) < 4.78 is 4.90. The normalized spacial score (nSPS) is 26.9. The molecule has 3 nitrogen and oxygen atoms in total. The molecule has 0 aromatic rings. The summed E-state index contributed by atoms with van der Waals surface area (Å²) in [4.78, 5) is 0. The van der Waals surface area contributed by atoms with Gasteiger partial charge in [0.15, 0.2) is 0 Å². The maximum Gasteiger partial charge on any atom is 0.214 e. The number of hydrogen-bond donors (Lipinski definition) is 2. The van der Waals surface area contributed by atoms with E-state index in [0.717, 1.165) is 12.2 Å². The SMILES string of the molecule is NCC1=CCC(N)[C]O1. The first-order valence-corrected chi connectivity index (χ1v) is 2.90. The molecule has 1 rings (SSSR count). The fourth-order valence-electron chi connectivity index (χ4n) is 0.625. The largest absolute Gasteiger partial charge is 0.480 e. The standard InChI is InChI=1S/C6H10N2O/c7-3-6-2-1-5(8)4-9-6/h2,5H,1,3,7-8H2. The van der Waals surface area contributed by atoms with Crippen LogP contribution in [-0.2, 0) is 4.74 Å². The zero-order chi connectivity index (χ0) is 6.69. The highest BCUT2D eigenvalue weighted by atomic mass is 16.5. The summed E-state index contributed by atoms with van der Waals surface area (Å²) in [6.07, 6.45) is 2.67. The van der Waals surface area contributed by atoms with Gasteiger partial charge in [-0.2, -0.15) is 0 Å². The van der Waals surface area contributed by atoms with Crippen LogP contribution in [0.2, 0.25) is 0 Å². The van der Waals surface area contributed by atoms with Gasteiger partial charge in [0.05, 0.1) is 12.6 Å². The smallest absolute Gasteiger partial charge is 0.214 e. The van der Waals surface area contributed by atoms with E-state index in [0.29, 0.717) is 6.54 Å². The predicted molar refractivity (Wildman–Crippen MR) is 34.1 cm³/mol. The quantitative estimate of drug-likeness (QED) is 0.503. The van der Waals surface area contributed by atoms with Crippen LogP contribution in [0.25, 0.3) is 0 Å². The summed E-state index contributed by atoms with van der Waals surface area (Å²) in [5.74, 6) is 0.761. The third-order valence-corrected chi connectivity index (χ3v) is 1.14. The molecule has 1 atom stereocenters. The van der Waals surface area contributed by atoms with E-state index in [-0.39, 0.29) is 6.04 Å². The maximum absolute atomic E-state index is 5.43. The van der Waals surface area contributed by atoms with Crippen LogP contribution in [0.4, 0.5) is 0 Å².